The Balaban J connectivity index is 2.33. The third-order valence-corrected chi connectivity index (χ3v) is 2.73. The topological polar surface area (TPSA) is 55.9 Å². The molecule has 1 aromatic carbocycles. The molecule has 0 saturated heterocycles. The van der Waals surface area contributed by atoms with Crippen LogP contribution in [0, 0.1) is 5.82 Å². The van der Waals surface area contributed by atoms with E-state index in [0.29, 0.717) is 17.2 Å². The van der Waals surface area contributed by atoms with Crippen LogP contribution in [0.2, 0.25) is 0 Å². The van der Waals surface area contributed by atoms with Gasteiger partial charge in [0.25, 0.3) is 0 Å². The van der Waals surface area contributed by atoms with Crippen molar-refractivity contribution in [2.75, 3.05) is 11.1 Å². The highest BCUT2D eigenvalue weighted by Crippen LogP contribution is 2.28. The van der Waals surface area contributed by atoms with Crippen molar-refractivity contribution < 1.29 is 4.39 Å². The third kappa shape index (κ3) is 2.16. The molecule has 0 amide bonds. The smallest absolute Gasteiger partial charge is 0.175 e. The number of nitrogens with zero attached hydrogens (tertiary/aromatic N) is 2. The van der Waals surface area contributed by atoms with Gasteiger partial charge in [-0.2, -0.15) is 5.10 Å². The maximum Gasteiger partial charge on any atom is 0.175 e. The minimum absolute atomic E-state index is 0.319. The first-order chi connectivity index (χ1) is 7.56. The van der Waals surface area contributed by atoms with Crippen LogP contribution in [0.1, 0.15) is 0 Å². The highest BCUT2D eigenvalue weighted by Gasteiger charge is 2.07. The van der Waals surface area contributed by atoms with Crippen LogP contribution in [-0.2, 0) is 7.05 Å². The summed E-state index contributed by atoms with van der Waals surface area (Å²) in [6.45, 7) is 0. The zero-order valence-corrected chi connectivity index (χ0v) is 10.1. The zero-order valence-electron chi connectivity index (χ0n) is 8.54. The summed E-state index contributed by atoms with van der Waals surface area (Å²) >= 11 is 3.31. The molecule has 1 aromatic heterocycles. The van der Waals surface area contributed by atoms with E-state index < -0.39 is 0 Å². The lowest BCUT2D eigenvalue weighted by Crippen LogP contribution is -1.97. The Kier molecular flexibility index (Phi) is 2.82. The van der Waals surface area contributed by atoms with Gasteiger partial charge in [-0.15, -0.1) is 0 Å². The minimum Gasteiger partial charge on any atom is -0.394 e. The van der Waals surface area contributed by atoms with Crippen LogP contribution in [0.25, 0.3) is 0 Å². The molecule has 4 nitrogen and oxygen atoms in total. The largest absolute Gasteiger partial charge is 0.394 e. The lowest BCUT2D eigenvalue weighted by molar-refractivity contribution is 0.628. The van der Waals surface area contributed by atoms with E-state index >= 15 is 0 Å². The summed E-state index contributed by atoms with van der Waals surface area (Å²) < 4.78 is 15.4. The zero-order chi connectivity index (χ0) is 11.7. The van der Waals surface area contributed by atoms with Gasteiger partial charge < -0.3 is 11.1 Å². The molecule has 0 fully saturated rings. The molecule has 84 valence electrons. The molecule has 0 atom stereocenters. The number of hydrogen-bond donors (Lipinski definition) is 2. The Morgan fingerprint density at radius 2 is 2.25 bits per heavy atom. The molecule has 0 aliphatic carbocycles. The number of nitrogens with one attached hydrogen (secondary N) is 1. The second kappa shape index (κ2) is 4.13. The van der Waals surface area contributed by atoms with Gasteiger partial charge in [0.2, 0.25) is 0 Å². The van der Waals surface area contributed by atoms with Crippen LogP contribution in [0.5, 0.6) is 0 Å². The molecule has 0 aliphatic heterocycles. The Morgan fingerprint density at radius 3 is 2.88 bits per heavy atom. The first-order valence-electron chi connectivity index (χ1n) is 4.57. The minimum atomic E-state index is -0.319. The molecule has 2 rings (SSSR count). The molecule has 16 heavy (non-hydrogen) atoms. The van der Waals surface area contributed by atoms with Gasteiger partial charge in [0.15, 0.2) is 5.82 Å². The maximum absolute atomic E-state index is 13.0. The number of anilines is 3. The number of rotatable bonds is 2. The van der Waals surface area contributed by atoms with Gasteiger partial charge in [0.1, 0.15) is 5.82 Å². The van der Waals surface area contributed by atoms with Crippen molar-refractivity contribution in [3.8, 4) is 0 Å². The second-order valence-electron chi connectivity index (χ2n) is 3.36. The molecule has 0 spiro atoms. The summed E-state index contributed by atoms with van der Waals surface area (Å²) in [4.78, 5) is 0. The molecule has 0 saturated carbocycles. The first kappa shape index (κ1) is 10.9. The van der Waals surface area contributed by atoms with Gasteiger partial charge in [0.05, 0.1) is 11.4 Å². The quantitative estimate of drug-likeness (QED) is 0.891. The fraction of sp³-hybridized carbons (Fsp3) is 0.100. The predicted octanol–water partition coefficient (Wildman–Crippen LogP) is 2.65. The van der Waals surface area contributed by atoms with Crippen LogP contribution < -0.4 is 11.1 Å². The Labute approximate surface area is 100 Å². The van der Waals surface area contributed by atoms with Crippen LogP contribution in [-0.4, -0.2) is 9.78 Å². The van der Waals surface area contributed by atoms with E-state index in [9.17, 15) is 4.39 Å². The summed E-state index contributed by atoms with van der Waals surface area (Å²) in [6.07, 6.45) is 1.68. The first-order valence-corrected chi connectivity index (χ1v) is 5.37. The van der Waals surface area contributed by atoms with Crippen LogP contribution in [0.15, 0.2) is 28.9 Å². The van der Waals surface area contributed by atoms with Gasteiger partial charge in [-0.1, -0.05) is 0 Å². The fourth-order valence-corrected chi connectivity index (χ4v) is 1.67. The van der Waals surface area contributed by atoms with E-state index in [1.165, 1.54) is 12.1 Å². The highest BCUT2D eigenvalue weighted by molar-refractivity contribution is 9.10. The molecule has 0 radical (unpaired) electrons. The third-order valence-electron chi connectivity index (χ3n) is 2.04. The average Bonchev–Trinajstić information content (AvgIpc) is 2.51. The van der Waals surface area contributed by atoms with Crippen LogP contribution in [0.4, 0.5) is 21.6 Å². The van der Waals surface area contributed by atoms with Crippen LogP contribution in [0.3, 0.4) is 0 Å². The van der Waals surface area contributed by atoms with Crippen molar-refractivity contribution in [2.24, 2.45) is 7.05 Å². The van der Waals surface area contributed by atoms with E-state index in [-0.39, 0.29) is 5.82 Å². The van der Waals surface area contributed by atoms with Gasteiger partial charge in [-0.3, -0.25) is 4.68 Å². The second-order valence-corrected chi connectivity index (χ2v) is 4.21. The molecule has 0 aliphatic rings. The molecule has 3 N–H and O–H groups in total. The number of nitrogen functional groups attached to an aromatic ring is 1. The summed E-state index contributed by atoms with van der Waals surface area (Å²) in [5, 5.41) is 7.07. The van der Waals surface area contributed by atoms with Crippen molar-refractivity contribution in [1.82, 2.24) is 9.78 Å². The Hall–Kier alpha value is -1.56. The van der Waals surface area contributed by atoms with E-state index in [0.717, 1.165) is 4.47 Å². The summed E-state index contributed by atoms with van der Waals surface area (Å²) in [5.41, 5.74) is 6.82. The number of halogens is 2. The molecule has 0 bridgehead atoms. The number of aromatic nitrogens is 2. The summed E-state index contributed by atoms with van der Waals surface area (Å²) in [6, 6.07) is 4.37. The lowest BCUT2D eigenvalue weighted by atomic mass is 10.3. The molecule has 2 aromatic rings. The van der Waals surface area contributed by atoms with Crippen molar-refractivity contribution in [3.63, 3.8) is 0 Å². The lowest BCUT2D eigenvalue weighted by Gasteiger charge is -2.06. The normalized spacial score (nSPS) is 10.4. The van der Waals surface area contributed by atoms with E-state index in [4.69, 9.17) is 5.73 Å². The maximum atomic E-state index is 13.0. The number of benzene rings is 1. The molecular formula is C10H10BrFN4. The van der Waals surface area contributed by atoms with E-state index in [1.54, 1.807) is 24.0 Å². The van der Waals surface area contributed by atoms with Gasteiger partial charge in [-0.25, -0.2) is 4.39 Å². The van der Waals surface area contributed by atoms with Crippen molar-refractivity contribution in [2.45, 2.75) is 0 Å². The van der Waals surface area contributed by atoms with Crippen molar-refractivity contribution >= 4 is 33.1 Å². The SMILES string of the molecule is Cn1cc(N)c(Nc2cc(F)ccc2Br)n1. The molecule has 0 unspecified atom stereocenters. The number of hydrogen-bond acceptors (Lipinski definition) is 3. The van der Waals surface area contributed by atoms with Crippen LogP contribution >= 0.6 is 15.9 Å². The van der Waals surface area contributed by atoms with E-state index in [2.05, 4.69) is 26.3 Å². The molecule has 6 heteroatoms. The Bertz CT molecular complexity index is 524. The molecular weight excluding hydrogens is 275 g/mol. The van der Waals surface area contributed by atoms with Gasteiger partial charge >= 0.3 is 0 Å². The fourth-order valence-electron chi connectivity index (χ4n) is 1.32. The summed E-state index contributed by atoms with van der Waals surface area (Å²) in [5.74, 6) is 0.189. The Morgan fingerprint density at radius 1 is 1.50 bits per heavy atom. The standard InChI is InChI=1S/C10H10BrFN4/c1-16-5-8(13)10(15-16)14-9-4-6(12)2-3-7(9)11/h2-5H,13H2,1H3,(H,14,15). The molecule has 1 heterocycles. The van der Waals surface area contributed by atoms with E-state index in [1.807, 2.05) is 0 Å². The predicted molar refractivity (Wildman–Crippen MR) is 65.0 cm³/mol. The van der Waals surface area contributed by atoms with Gasteiger partial charge in [0, 0.05) is 17.7 Å². The monoisotopic (exact) mass is 284 g/mol. The summed E-state index contributed by atoms with van der Waals surface area (Å²) in [7, 11) is 1.77. The van der Waals surface area contributed by atoms with Gasteiger partial charge in [-0.05, 0) is 34.1 Å². The number of nitrogens with two attached hydrogens (primary N) is 1. The highest BCUT2D eigenvalue weighted by atomic mass is 79.9. The number of aryl methyl sites for hydroxylation is 1. The van der Waals surface area contributed by atoms with Crippen molar-refractivity contribution in [1.29, 1.82) is 0 Å². The van der Waals surface area contributed by atoms with Crippen molar-refractivity contribution in [3.05, 3.63) is 34.7 Å². The average molecular weight is 285 g/mol.